The summed E-state index contributed by atoms with van der Waals surface area (Å²) in [5.74, 6) is 0. The summed E-state index contributed by atoms with van der Waals surface area (Å²) in [7, 11) is 0.251. The molecule has 1 fully saturated rings. The minimum atomic E-state index is -3.56. The Morgan fingerprint density at radius 1 is 1.24 bits per heavy atom. The van der Waals surface area contributed by atoms with Gasteiger partial charge < -0.3 is 10.2 Å². The molecule has 0 saturated carbocycles. The zero-order chi connectivity index (χ0) is 15.5. The van der Waals surface area contributed by atoms with Crippen LogP contribution in [0.3, 0.4) is 0 Å². The van der Waals surface area contributed by atoms with E-state index in [1.807, 2.05) is 7.05 Å². The fraction of sp³-hybridized carbons (Fsp3) is 0.538. The lowest BCUT2D eigenvalue weighted by Gasteiger charge is -2.32. The first kappa shape index (κ1) is 16.7. The van der Waals surface area contributed by atoms with Crippen molar-refractivity contribution in [1.29, 1.82) is 0 Å². The molecule has 0 aliphatic carbocycles. The highest BCUT2D eigenvalue weighted by Gasteiger charge is 2.22. The van der Waals surface area contributed by atoms with Gasteiger partial charge in [-0.3, -0.25) is 0 Å². The summed E-state index contributed by atoms with van der Waals surface area (Å²) in [6, 6.07) is 4.75. The molecule has 0 unspecified atom stereocenters. The van der Waals surface area contributed by atoms with Crippen molar-refractivity contribution in [3.05, 3.63) is 28.8 Å². The zero-order valence-electron chi connectivity index (χ0n) is 12.3. The molecule has 0 aromatic heterocycles. The van der Waals surface area contributed by atoms with Gasteiger partial charge in [0.05, 0.1) is 4.90 Å². The predicted octanol–water partition coefficient (Wildman–Crippen LogP) is 0.500. The average molecular weight is 333 g/mol. The van der Waals surface area contributed by atoms with Crippen LogP contribution in [0.1, 0.15) is 5.56 Å². The summed E-state index contributed by atoms with van der Waals surface area (Å²) in [5.41, 5.74) is 0.764. The molecule has 21 heavy (non-hydrogen) atoms. The second-order valence-corrected chi connectivity index (χ2v) is 7.24. The minimum Gasteiger partial charge on any atom is -0.316 e. The Labute approximate surface area is 131 Å². The Kier molecular flexibility index (Phi) is 5.59. The third-order valence-electron chi connectivity index (χ3n) is 3.45. The predicted molar refractivity (Wildman–Crippen MR) is 83.6 cm³/mol. The van der Waals surface area contributed by atoms with E-state index in [-0.39, 0.29) is 4.90 Å². The van der Waals surface area contributed by atoms with E-state index in [0.717, 1.165) is 18.7 Å². The standard InChI is InChI=1S/C13H21ClN4O2S/c1-15-10-11-9-12(3-4-13(11)14)21(19,20)16-18-7-5-17(2)6-8-18/h3-4,9,15-16H,5-8,10H2,1-2H3. The summed E-state index contributed by atoms with van der Waals surface area (Å²) in [5, 5.41) is 5.27. The smallest absolute Gasteiger partial charge is 0.253 e. The average Bonchev–Trinajstić information content (AvgIpc) is 2.43. The van der Waals surface area contributed by atoms with Crippen LogP contribution in [-0.4, -0.2) is 58.6 Å². The Bertz CT molecular complexity index is 586. The molecule has 1 heterocycles. The molecule has 1 aliphatic heterocycles. The maximum absolute atomic E-state index is 12.4. The SMILES string of the molecule is CNCc1cc(S(=O)(=O)NN2CCN(C)CC2)ccc1Cl. The number of hydrazine groups is 1. The minimum absolute atomic E-state index is 0.232. The lowest BCUT2D eigenvalue weighted by molar-refractivity contribution is 0.135. The number of nitrogens with one attached hydrogen (secondary N) is 2. The van der Waals surface area contributed by atoms with Crippen LogP contribution in [0.15, 0.2) is 23.1 Å². The summed E-state index contributed by atoms with van der Waals surface area (Å²) in [6.45, 7) is 3.55. The van der Waals surface area contributed by atoms with Gasteiger partial charge in [-0.25, -0.2) is 13.4 Å². The molecule has 2 N–H and O–H groups in total. The number of rotatable bonds is 5. The third kappa shape index (κ3) is 4.38. The van der Waals surface area contributed by atoms with Crippen LogP contribution in [0.2, 0.25) is 5.02 Å². The molecule has 1 saturated heterocycles. The molecule has 1 aromatic rings. The van der Waals surface area contributed by atoms with E-state index in [9.17, 15) is 8.42 Å². The van der Waals surface area contributed by atoms with Gasteiger partial charge in [-0.1, -0.05) is 11.6 Å². The van der Waals surface area contributed by atoms with Crippen LogP contribution in [0.4, 0.5) is 0 Å². The van der Waals surface area contributed by atoms with E-state index in [0.29, 0.717) is 24.7 Å². The van der Waals surface area contributed by atoms with Gasteiger partial charge in [-0.15, -0.1) is 4.83 Å². The number of piperazine rings is 1. The quantitative estimate of drug-likeness (QED) is 0.822. The van der Waals surface area contributed by atoms with Crippen LogP contribution in [-0.2, 0) is 16.6 Å². The zero-order valence-corrected chi connectivity index (χ0v) is 13.8. The number of likely N-dealkylation sites (N-methyl/N-ethyl adjacent to an activating group) is 1. The maximum atomic E-state index is 12.4. The number of nitrogens with zero attached hydrogens (tertiary/aromatic N) is 2. The monoisotopic (exact) mass is 332 g/mol. The van der Waals surface area contributed by atoms with E-state index in [1.54, 1.807) is 24.2 Å². The first-order valence-corrected chi connectivity index (χ1v) is 8.67. The number of benzene rings is 1. The highest BCUT2D eigenvalue weighted by atomic mass is 35.5. The van der Waals surface area contributed by atoms with Crippen LogP contribution in [0.5, 0.6) is 0 Å². The van der Waals surface area contributed by atoms with Crippen LogP contribution in [0, 0.1) is 0 Å². The highest BCUT2D eigenvalue weighted by molar-refractivity contribution is 7.89. The van der Waals surface area contributed by atoms with Crippen LogP contribution >= 0.6 is 11.6 Å². The van der Waals surface area contributed by atoms with E-state index < -0.39 is 10.0 Å². The molecule has 0 spiro atoms. The van der Waals surface area contributed by atoms with Crippen molar-refractivity contribution in [2.75, 3.05) is 40.3 Å². The number of hydrogen-bond donors (Lipinski definition) is 2. The van der Waals surface area contributed by atoms with E-state index >= 15 is 0 Å². The van der Waals surface area contributed by atoms with Crippen molar-refractivity contribution in [2.24, 2.45) is 0 Å². The van der Waals surface area contributed by atoms with Crippen molar-refractivity contribution in [2.45, 2.75) is 11.4 Å². The van der Waals surface area contributed by atoms with Crippen LogP contribution in [0.25, 0.3) is 0 Å². The Morgan fingerprint density at radius 3 is 2.52 bits per heavy atom. The first-order valence-electron chi connectivity index (χ1n) is 6.81. The van der Waals surface area contributed by atoms with Crippen LogP contribution < -0.4 is 10.1 Å². The summed E-state index contributed by atoms with van der Waals surface area (Å²) >= 11 is 6.06. The topological polar surface area (TPSA) is 64.7 Å². The molecule has 8 heteroatoms. The van der Waals surface area contributed by atoms with Gasteiger partial charge in [0.25, 0.3) is 10.0 Å². The second-order valence-electron chi connectivity index (χ2n) is 5.17. The van der Waals surface area contributed by atoms with E-state index in [4.69, 9.17) is 11.6 Å². The second kappa shape index (κ2) is 7.04. The van der Waals surface area contributed by atoms with Gasteiger partial charge in [0.1, 0.15) is 0 Å². The highest BCUT2D eigenvalue weighted by Crippen LogP contribution is 2.20. The largest absolute Gasteiger partial charge is 0.316 e. The van der Waals surface area contributed by atoms with E-state index in [2.05, 4.69) is 15.0 Å². The fourth-order valence-electron chi connectivity index (χ4n) is 2.16. The molecule has 0 atom stereocenters. The van der Waals surface area contributed by atoms with Crippen molar-refractivity contribution >= 4 is 21.6 Å². The van der Waals surface area contributed by atoms with Crippen molar-refractivity contribution in [1.82, 2.24) is 20.1 Å². The number of hydrogen-bond acceptors (Lipinski definition) is 5. The summed E-state index contributed by atoms with van der Waals surface area (Å²) in [4.78, 5) is 5.03. The molecule has 118 valence electrons. The summed E-state index contributed by atoms with van der Waals surface area (Å²) in [6.07, 6.45) is 0. The Morgan fingerprint density at radius 2 is 1.90 bits per heavy atom. The Hall–Kier alpha value is -0.700. The fourth-order valence-corrected chi connectivity index (χ4v) is 3.52. The third-order valence-corrected chi connectivity index (χ3v) is 5.19. The van der Waals surface area contributed by atoms with Crippen molar-refractivity contribution in [3.63, 3.8) is 0 Å². The molecule has 0 amide bonds. The number of halogens is 1. The normalized spacial score (nSPS) is 18.0. The van der Waals surface area contributed by atoms with Gasteiger partial charge >= 0.3 is 0 Å². The van der Waals surface area contributed by atoms with Gasteiger partial charge in [0.15, 0.2) is 0 Å². The van der Waals surface area contributed by atoms with Gasteiger partial charge in [-0.2, -0.15) is 0 Å². The molecular weight excluding hydrogens is 312 g/mol. The molecule has 1 aromatic carbocycles. The van der Waals surface area contributed by atoms with Gasteiger partial charge in [0.2, 0.25) is 0 Å². The first-order chi connectivity index (χ1) is 9.92. The van der Waals surface area contributed by atoms with Gasteiger partial charge in [0, 0.05) is 37.7 Å². The molecule has 1 aliphatic rings. The number of sulfonamides is 1. The summed E-state index contributed by atoms with van der Waals surface area (Å²) < 4.78 is 24.8. The lowest BCUT2D eigenvalue weighted by atomic mass is 10.2. The molecule has 2 rings (SSSR count). The van der Waals surface area contributed by atoms with Gasteiger partial charge in [-0.05, 0) is 37.9 Å². The van der Waals surface area contributed by atoms with E-state index in [1.165, 1.54) is 6.07 Å². The van der Waals surface area contributed by atoms with Crippen molar-refractivity contribution < 1.29 is 8.42 Å². The molecule has 0 radical (unpaired) electrons. The lowest BCUT2D eigenvalue weighted by Crippen LogP contribution is -2.52. The maximum Gasteiger partial charge on any atom is 0.253 e. The van der Waals surface area contributed by atoms with Crippen molar-refractivity contribution in [3.8, 4) is 0 Å². The molecule has 0 bridgehead atoms. The molecular formula is C13H21ClN4O2S. The Balaban J connectivity index is 2.13. The molecule has 6 nitrogen and oxygen atoms in total.